The highest BCUT2D eigenvalue weighted by Crippen LogP contribution is 2.39. The Morgan fingerprint density at radius 3 is 2.76 bits per heavy atom. The number of esters is 1. The minimum absolute atomic E-state index is 0.00354. The average molecular weight is 309 g/mol. The number of ether oxygens (including phenoxy) is 1. The molecule has 1 aliphatic rings. The summed E-state index contributed by atoms with van der Waals surface area (Å²) < 4.78 is 4.87. The van der Waals surface area contributed by atoms with Crippen LogP contribution in [0.15, 0.2) is 0 Å². The molecule has 0 unspecified atom stereocenters. The lowest BCUT2D eigenvalue weighted by Crippen LogP contribution is -2.14. The van der Waals surface area contributed by atoms with Gasteiger partial charge in [0, 0.05) is 11.3 Å². The second kappa shape index (κ2) is 7.59. The van der Waals surface area contributed by atoms with Crippen molar-refractivity contribution in [2.24, 2.45) is 0 Å². The second-order valence-corrected chi connectivity index (χ2v) is 6.52. The summed E-state index contributed by atoms with van der Waals surface area (Å²) >= 11 is 1.53. The first-order valence-corrected chi connectivity index (χ1v) is 8.51. The smallest absolute Gasteiger partial charge is 0.341 e. The fraction of sp³-hybridized carbons (Fsp3) is 0.625. The Morgan fingerprint density at radius 1 is 1.24 bits per heavy atom. The molecule has 21 heavy (non-hydrogen) atoms. The Hall–Kier alpha value is -1.36. The lowest BCUT2D eigenvalue weighted by molar-refractivity contribution is -0.116. The number of amides is 1. The van der Waals surface area contributed by atoms with Gasteiger partial charge in [-0.3, -0.25) is 4.79 Å². The predicted molar refractivity (Wildman–Crippen MR) is 85.1 cm³/mol. The van der Waals surface area contributed by atoms with Gasteiger partial charge in [0.1, 0.15) is 5.00 Å². The SMILES string of the molecule is CCCCCCC(=O)Nc1sc2c(c1C(=O)OC)CCC2. The Bertz CT molecular complexity index is 522. The fourth-order valence-corrected chi connectivity index (χ4v) is 4.01. The molecule has 1 aromatic rings. The van der Waals surface area contributed by atoms with Gasteiger partial charge in [-0.25, -0.2) is 4.79 Å². The number of carbonyl (C=O) groups excluding carboxylic acids is 2. The van der Waals surface area contributed by atoms with E-state index in [-0.39, 0.29) is 11.9 Å². The molecule has 1 aliphatic carbocycles. The number of nitrogens with one attached hydrogen (secondary N) is 1. The van der Waals surface area contributed by atoms with Crippen LogP contribution in [0.5, 0.6) is 0 Å². The molecule has 0 spiro atoms. The second-order valence-electron chi connectivity index (χ2n) is 5.41. The molecule has 0 aromatic carbocycles. The predicted octanol–water partition coefficient (Wildman–Crippen LogP) is 3.93. The first-order chi connectivity index (χ1) is 10.2. The maximum absolute atomic E-state index is 12.0. The summed E-state index contributed by atoms with van der Waals surface area (Å²) in [5.74, 6) is -0.341. The summed E-state index contributed by atoms with van der Waals surface area (Å²) in [7, 11) is 1.39. The van der Waals surface area contributed by atoms with Crippen molar-refractivity contribution in [3.8, 4) is 0 Å². The number of aryl methyl sites for hydroxylation is 1. The lowest BCUT2D eigenvalue weighted by Gasteiger charge is -2.07. The molecule has 0 fully saturated rings. The van der Waals surface area contributed by atoms with E-state index in [9.17, 15) is 9.59 Å². The Kier molecular flexibility index (Phi) is 5.79. The molecule has 0 saturated heterocycles. The van der Waals surface area contributed by atoms with Gasteiger partial charge in [0.05, 0.1) is 12.7 Å². The number of carbonyl (C=O) groups is 2. The van der Waals surface area contributed by atoms with Crippen molar-refractivity contribution in [3.63, 3.8) is 0 Å². The van der Waals surface area contributed by atoms with Gasteiger partial charge in [-0.2, -0.15) is 0 Å². The number of fused-ring (bicyclic) bond motifs is 1. The van der Waals surface area contributed by atoms with Gasteiger partial charge in [0.15, 0.2) is 0 Å². The van der Waals surface area contributed by atoms with E-state index in [2.05, 4.69) is 12.2 Å². The van der Waals surface area contributed by atoms with Crippen LogP contribution in [0.4, 0.5) is 5.00 Å². The molecule has 4 nitrogen and oxygen atoms in total. The first kappa shape index (κ1) is 16.0. The van der Waals surface area contributed by atoms with Crippen LogP contribution in [0.25, 0.3) is 0 Å². The van der Waals surface area contributed by atoms with Crippen LogP contribution < -0.4 is 5.32 Å². The minimum Gasteiger partial charge on any atom is -0.465 e. The van der Waals surface area contributed by atoms with Crippen molar-refractivity contribution in [1.29, 1.82) is 0 Å². The number of thiophene rings is 1. The maximum Gasteiger partial charge on any atom is 0.341 e. The van der Waals surface area contributed by atoms with Crippen LogP contribution >= 0.6 is 11.3 Å². The molecule has 5 heteroatoms. The number of hydrogen-bond donors (Lipinski definition) is 1. The number of methoxy groups -OCH3 is 1. The van der Waals surface area contributed by atoms with Crippen LogP contribution in [0.2, 0.25) is 0 Å². The summed E-state index contributed by atoms with van der Waals surface area (Å²) in [5, 5.41) is 3.58. The molecule has 1 aromatic heterocycles. The molecule has 0 radical (unpaired) electrons. The molecule has 0 saturated carbocycles. The van der Waals surface area contributed by atoms with Crippen molar-refractivity contribution in [2.75, 3.05) is 12.4 Å². The number of anilines is 1. The molecular formula is C16H23NO3S. The standard InChI is InChI=1S/C16H23NO3S/c1-3-4-5-6-10-13(18)17-15-14(16(19)20-2)11-8-7-9-12(11)21-15/h3-10H2,1-2H3,(H,17,18). The molecule has 1 heterocycles. The van der Waals surface area contributed by atoms with E-state index in [0.29, 0.717) is 17.0 Å². The molecule has 2 rings (SSSR count). The zero-order chi connectivity index (χ0) is 15.2. The van der Waals surface area contributed by atoms with Crippen molar-refractivity contribution >= 4 is 28.2 Å². The topological polar surface area (TPSA) is 55.4 Å². The number of rotatable bonds is 7. The average Bonchev–Trinajstić information content (AvgIpc) is 3.03. The fourth-order valence-electron chi connectivity index (χ4n) is 2.71. The number of unbranched alkanes of at least 4 members (excludes halogenated alkanes) is 3. The zero-order valence-corrected chi connectivity index (χ0v) is 13.6. The van der Waals surface area contributed by atoms with E-state index in [0.717, 1.165) is 50.5 Å². The van der Waals surface area contributed by atoms with Crippen molar-refractivity contribution in [2.45, 2.75) is 58.3 Å². The molecule has 116 valence electrons. The monoisotopic (exact) mass is 309 g/mol. The summed E-state index contributed by atoms with van der Waals surface area (Å²) in [6, 6.07) is 0. The third-order valence-electron chi connectivity index (χ3n) is 3.82. The Balaban J connectivity index is 2.03. The Labute approximate surface area is 129 Å². The largest absolute Gasteiger partial charge is 0.465 e. The third kappa shape index (κ3) is 3.84. The van der Waals surface area contributed by atoms with Crippen LogP contribution in [0.1, 0.15) is 66.2 Å². The highest BCUT2D eigenvalue weighted by molar-refractivity contribution is 7.17. The van der Waals surface area contributed by atoms with E-state index in [1.165, 1.54) is 23.3 Å². The van der Waals surface area contributed by atoms with Crippen molar-refractivity contribution in [1.82, 2.24) is 0 Å². The molecule has 1 N–H and O–H groups in total. The quantitative estimate of drug-likeness (QED) is 0.613. The zero-order valence-electron chi connectivity index (χ0n) is 12.8. The summed E-state index contributed by atoms with van der Waals surface area (Å²) in [6.07, 6.45) is 7.80. The maximum atomic E-state index is 12.0. The van der Waals surface area contributed by atoms with Gasteiger partial charge in [0.25, 0.3) is 0 Å². The van der Waals surface area contributed by atoms with Gasteiger partial charge >= 0.3 is 5.97 Å². The summed E-state index contributed by atoms with van der Waals surface area (Å²) in [6.45, 7) is 2.15. The molecule has 0 aliphatic heterocycles. The minimum atomic E-state index is -0.337. The number of hydrogen-bond acceptors (Lipinski definition) is 4. The summed E-state index contributed by atoms with van der Waals surface area (Å²) in [5.41, 5.74) is 1.66. The van der Waals surface area contributed by atoms with Gasteiger partial charge in [-0.1, -0.05) is 26.2 Å². The van der Waals surface area contributed by atoms with E-state index < -0.39 is 0 Å². The Morgan fingerprint density at radius 2 is 2.05 bits per heavy atom. The van der Waals surface area contributed by atoms with Gasteiger partial charge in [-0.05, 0) is 31.2 Å². The summed E-state index contributed by atoms with van der Waals surface area (Å²) in [4.78, 5) is 25.2. The first-order valence-electron chi connectivity index (χ1n) is 7.70. The van der Waals surface area contributed by atoms with Crippen molar-refractivity contribution < 1.29 is 14.3 Å². The van der Waals surface area contributed by atoms with Gasteiger partial charge in [-0.15, -0.1) is 11.3 Å². The lowest BCUT2D eigenvalue weighted by atomic mass is 10.1. The van der Waals surface area contributed by atoms with Crippen LogP contribution in [0, 0.1) is 0 Å². The van der Waals surface area contributed by atoms with Crippen LogP contribution in [0.3, 0.4) is 0 Å². The van der Waals surface area contributed by atoms with Crippen LogP contribution in [-0.2, 0) is 22.4 Å². The molecule has 0 atom stereocenters. The van der Waals surface area contributed by atoms with Gasteiger partial charge < -0.3 is 10.1 Å². The van der Waals surface area contributed by atoms with E-state index in [1.54, 1.807) is 0 Å². The highest BCUT2D eigenvalue weighted by atomic mass is 32.1. The molecule has 0 bridgehead atoms. The van der Waals surface area contributed by atoms with Crippen LogP contribution in [-0.4, -0.2) is 19.0 Å². The van der Waals surface area contributed by atoms with E-state index in [1.807, 2.05) is 0 Å². The highest BCUT2D eigenvalue weighted by Gasteiger charge is 2.27. The van der Waals surface area contributed by atoms with E-state index >= 15 is 0 Å². The van der Waals surface area contributed by atoms with E-state index in [4.69, 9.17) is 4.74 Å². The third-order valence-corrected chi connectivity index (χ3v) is 5.03. The van der Waals surface area contributed by atoms with Gasteiger partial charge in [0.2, 0.25) is 5.91 Å². The molecular weight excluding hydrogens is 286 g/mol. The molecule has 1 amide bonds. The van der Waals surface area contributed by atoms with Crippen molar-refractivity contribution in [3.05, 3.63) is 16.0 Å². The normalized spacial score (nSPS) is 13.0.